The monoisotopic (exact) mass is 388 g/mol. The van der Waals surface area contributed by atoms with Gasteiger partial charge in [-0.25, -0.2) is 8.42 Å². The Morgan fingerprint density at radius 3 is 2.70 bits per heavy atom. The van der Waals surface area contributed by atoms with E-state index in [-0.39, 0.29) is 23.3 Å². The molecule has 1 saturated heterocycles. The fraction of sp³-hybridized carbons (Fsp3) is 0.350. The van der Waals surface area contributed by atoms with Gasteiger partial charge in [-0.1, -0.05) is 30.3 Å². The van der Waals surface area contributed by atoms with Gasteiger partial charge in [0.15, 0.2) is 0 Å². The fourth-order valence-corrected chi connectivity index (χ4v) is 4.78. The molecule has 1 aliphatic rings. The Morgan fingerprint density at radius 1 is 1.19 bits per heavy atom. The van der Waals surface area contributed by atoms with Crippen LogP contribution < -0.4 is 10.1 Å². The van der Waals surface area contributed by atoms with E-state index in [1.807, 2.05) is 24.3 Å². The van der Waals surface area contributed by atoms with E-state index >= 15 is 0 Å². The number of carbonyl (C=O) groups is 1. The van der Waals surface area contributed by atoms with E-state index < -0.39 is 10.0 Å². The first kappa shape index (κ1) is 19.4. The zero-order valence-electron chi connectivity index (χ0n) is 15.3. The Hall–Kier alpha value is -2.38. The molecule has 0 spiro atoms. The molecule has 7 heteroatoms. The number of sulfonamides is 1. The predicted molar refractivity (Wildman–Crippen MR) is 103 cm³/mol. The molecule has 1 heterocycles. The van der Waals surface area contributed by atoms with E-state index in [4.69, 9.17) is 4.74 Å². The van der Waals surface area contributed by atoms with Gasteiger partial charge in [0.1, 0.15) is 5.75 Å². The Balaban J connectivity index is 1.62. The van der Waals surface area contributed by atoms with Crippen LogP contribution in [0.15, 0.2) is 59.5 Å². The second-order valence-electron chi connectivity index (χ2n) is 6.58. The van der Waals surface area contributed by atoms with Crippen molar-refractivity contribution in [3.63, 3.8) is 0 Å². The Morgan fingerprint density at radius 2 is 1.96 bits per heavy atom. The second kappa shape index (κ2) is 8.54. The minimum absolute atomic E-state index is 0.120. The minimum Gasteiger partial charge on any atom is -0.497 e. The van der Waals surface area contributed by atoms with Crippen molar-refractivity contribution in [1.82, 2.24) is 9.62 Å². The molecule has 3 rings (SSSR count). The normalized spacial score (nSPS) is 18.0. The summed E-state index contributed by atoms with van der Waals surface area (Å²) in [5.41, 5.74) is 0.937. The van der Waals surface area contributed by atoms with Crippen LogP contribution >= 0.6 is 0 Å². The molecular weight excluding hydrogens is 364 g/mol. The van der Waals surface area contributed by atoms with Gasteiger partial charge in [0.05, 0.1) is 17.9 Å². The SMILES string of the molecule is COc1cccc(CNC(=O)C2CCCN(S(=O)(=O)c3ccccc3)C2)c1. The highest BCUT2D eigenvalue weighted by molar-refractivity contribution is 7.89. The molecule has 1 amide bonds. The van der Waals surface area contributed by atoms with Crippen molar-refractivity contribution in [1.29, 1.82) is 0 Å². The van der Waals surface area contributed by atoms with E-state index in [0.29, 0.717) is 25.9 Å². The number of amides is 1. The lowest BCUT2D eigenvalue weighted by atomic mass is 9.99. The molecular formula is C20H24N2O4S. The quantitative estimate of drug-likeness (QED) is 0.825. The highest BCUT2D eigenvalue weighted by atomic mass is 32.2. The maximum absolute atomic E-state index is 12.8. The molecule has 27 heavy (non-hydrogen) atoms. The third-order valence-electron chi connectivity index (χ3n) is 4.74. The van der Waals surface area contributed by atoms with E-state index in [9.17, 15) is 13.2 Å². The largest absolute Gasteiger partial charge is 0.497 e. The summed E-state index contributed by atoms with van der Waals surface area (Å²) in [5.74, 6) is 0.271. The Bertz CT molecular complexity index is 884. The number of nitrogens with zero attached hydrogens (tertiary/aromatic N) is 1. The van der Waals surface area contributed by atoms with Crippen molar-refractivity contribution in [2.45, 2.75) is 24.3 Å². The number of methoxy groups -OCH3 is 1. The summed E-state index contributed by atoms with van der Waals surface area (Å²) >= 11 is 0. The summed E-state index contributed by atoms with van der Waals surface area (Å²) in [7, 11) is -1.97. The number of carbonyl (C=O) groups excluding carboxylic acids is 1. The van der Waals surface area contributed by atoms with Gasteiger partial charge in [-0.15, -0.1) is 0 Å². The van der Waals surface area contributed by atoms with Crippen LogP contribution in [-0.2, 0) is 21.4 Å². The molecule has 0 bridgehead atoms. The third-order valence-corrected chi connectivity index (χ3v) is 6.62. The molecule has 0 aromatic heterocycles. The van der Waals surface area contributed by atoms with Crippen molar-refractivity contribution in [2.24, 2.45) is 5.92 Å². The second-order valence-corrected chi connectivity index (χ2v) is 8.52. The van der Waals surface area contributed by atoms with E-state index in [0.717, 1.165) is 11.3 Å². The lowest BCUT2D eigenvalue weighted by Gasteiger charge is -2.31. The summed E-state index contributed by atoms with van der Waals surface area (Å²) in [6.07, 6.45) is 1.36. The molecule has 2 aromatic carbocycles. The topological polar surface area (TPSA) is 75.7 Å². The maximum Gasteiger partial charge on any atom is 0.243 e. The van der Waals surface area contributed by atoms with Crippen molar-refractivity contribution in [2.75, 3.05) is 20.2 Å². The molecule has 6 nitrogen and oxygen atoms in total. The summed E-state index contributed by atoms with van der Waals surface area (Å²) in [6.45, 7) is 1.04. The molecule has 1 unspecified atom stereocenters. The third kappa shape index (κ3) is 4.67. The lowest BCUT2D eigenvalue weighted by Crippen LogP contribution is -2.45. The number of hydrogen-bond donors (Lipinski definition) is 1. The number of ether oxygens (including phenoxy) is 1. The van der Waals surface area contributed by atoms with Gasteiger partial charge < -0.3 is 10.1 Å². The lowest BCUT2D eigenvalue weighted by molar-refractivity contribution is -0.126. The van der Waals surface area contributed by atoms with Crippen LogP contribution in [0.4, 0.5) is 0 Å². The molecule has 0 saturated carbocycles. The average Bonchev–Trinajstić information content (AvgIpc) is 2.73. The number of nitrogens with one attached hydrogen (secondary N) is 1. The zero-order valence-corrected chi connectivity index (χ0v) is 16.1. The van der Waals surface area contributed by atoms with Gasteiger partial charge in [0.25, 0.3) is 0 Å². The van der Waals surface area contributed by atoms with Crippen molar-refractivity contribution < 1.29 is 17.9 Å². The molecule has 144 valence electrons. The smallest absolute Gasteiger partial charge is 0.243 e. The fourth-order valence-electron chi connectivity index (χ4n) is 3.23. The number of rotatable bonds is 6. The van der Waals surface area contributed by atoms with Gasteiger partial charge in [-0.2, -0.15) is 4.31 Å². The van der Waals surface area contributed by atoms with Crippen LogP contribution in [0.3, 0.4) is 0 Å². The molecule has 0 aliphatic carbocycles. The van der Waals surface area contributed by atoms with E-state index in [1.54, 1.807) is 37.4 Å². The Labute approximate surface area is 160 Å². The highest BCUT2D eigenvalue weighted by Gasteiger charge is 2.33. The summed E-state index contributed by atoms with van der Waals surface area (Å²) in [5, 5.41) is 2.92. The number of hydrogen-bond acceptors (Lipinski definition) is 4. The van der Waals surface area contributed by atoms with Crippen LogP contribution in [0.2, 0.25) is 0 Å². The first-order valence-corrected chi connectivity index (χ1v) is 10.4. The van der Waals surface area contributed by atoms with Gasteiger partial charge in [0, 0.05) is 19.6 Å². The average molecular weight is 388 g/mol. The van der Waals surface area contributed by atoms with Crippen LogP contribution in [0.1, 0.15) is 18.4 Å². The van der Waals surface area contributed by atoms with Crippen LogP contribution in [0.5, 0.6) is 5.75 Å². The van der Waals surface area contributed by atoms with Gasteiger partial charge in [-0.05, 0) is 42.7 Å². The predicted octanol–water partition coefficient (Wildman–Crippen LogP) is 2.41. The van der Waals surface area contributed by atoms with Gasteiger partial charge >= 0.3 is 0 Å². The Kier molecular flexibility index (Phi) is 6.13. The first-order chi connectivity index (χ1) is 13.0. The molecule has 1 fully saturated rings. The van der Waals surface area contributed by atoms with Crippen molar-refractivity contribution in [3.8, 4) is 5.75 Å². The molecule has 2 aromatic rings. The summed E-state index contributed by atoms with van der Waals surface area (Å²) < 4.78 is 32.2. The molecule has 1 aliphatic heterocycles. The first-order valence-electron chi connectivity index (χ1n) is 8.96. The summed E-state index contributed by atoms with van der Waals surface area (Å²) in [4.78, 5) is 12.8. The maximum atomic E-state index is 12.8. The van der Waals surface area contributed by atoms with E-state index in [2.05, 4.69) is 5.32 Å². The zero-order chi connectivity index (χ0) is 19.3. The van der Waals surface area contributed by atoms with Crippen LogP contribution in [-0.4, -0.2) is 38.8 Å². The minimum atomic E-state index is -3.57. The van der Waals surface area contributed by atoms with Crippen LogP contribution in [0, 0.1) is 5.92 Å². The summed E-state index contributed by atoms with van der Waals surface area (Å²) in [6, 6.07) is 15.9. The van der Waals surface area contributed by atoms with Gasteiger partial charge in [-0.3, -0.25) is 4.79 Å². The van der Waals surface area contributed by atoms with Crippen molar-refractivity contribution >= 4 is 15.9 Å². The number of piperidine rings is 1. The number of benzene rings is 2. The van der Waals surface area contributed by atoms with Gasteiger partial charge in [0.2, 0.25) is 15.9 Å². The van der Waals surface area contributed by atoms with Crippen LogP contribution in [0.25, 0.3) is 0 Å². The van der Waals surface area contributed by atoms with E-state index in [1.165, 1.54) is 4.31 Å². The standard InChI is InChI=1S/C20H24N2O4S/c1-26-18-9-5-7-16(13-18)14-21-20(23)17-8-6-12-22(15-17)27(24,25)19-10-3-2-4-11-19/h2-5,7,9-11,13,17H,6,8,12,14-15H2,1H3,(H,21,23). The molecule has 1 atom stereocenters. The molecule has 1 N–H and O–H groups in total. The van der Waals surface area contributed by atoms with Crippen molar-refractivity contribution in [3.05, 3.63) is 60.2 Å². The highest BCUT2D eigenvalue weighted by Crippen LogP contribution is 2.24. The molecule has 0 radical (unpaired) electrons.